The lowest BCUT2D eigenvalue weighted by molar-refractivity contribution is 0.0773. The van der Waals surface area contributed by atoms with Crippen molar-refractivity contribution in [1.29, 1.82) is 0 Å². The van der Waals surface area contributed by atoms with E-state index in [2.05, 4.69) is 17.0 Å². The van der Waals surface area contributed by atoms with E-state index in [0.717, 1.165) is 18.7 Å². The number of ether oxygens (including phenoxy) is 1. The largest absolute Gasteiger partial charge is 0.482 e. The van der Waals surface area contributed by atoms with Crippen LogP contribution in [-0.2, 0) is 26.2 Å². The third kappa shape index (κ3) is 4.92. The van der Waals surface area contributed by atoms with Crippen LogP contribution in [0.4, 0.5) is 0 Å². The summed E-state index contributed by atoms with van der Waals surface area (Å²) in [5.41, 5.74) is 3.96. The lowest BCUT2D eigenvalue weighted by Crippen LogP contribution is -2.30. The quantitative estimate of drug-likeness (QED) is 0.533. The van der Waals surface area contributed by atoms with Gasteiger partial charge in [-0.25, -0.2) is 0 Å². The Morgan fingerprint density at radius 2 is 1.69 bits per heavy atom. The number of nitrogens with zero attached hydrogens (tertiary/aromatic N) is 2. The van der Waals surface area contributed by atoms with Crippen LogP contribution in [0.1, 0.15) is 46.7 Å². The summed E-state index contributed by atoms with van der Waals surface area (Å²) < 4.78 is 11.3. The van der Waals surface area contributed by atoms with Gasteiger partial charge in [-0.1, -0.05) is 36.4 Å². The zero-order valence-electron chi connectivity index (χ0n) is 18.5. The maximum atomic E-state index is 12.5. The molecule has 1 aliphatic heterocycles. The van der Waals surface area contributed by atoms with Gasteiger partial charge in [-0.15, -0.1) is 0 Å². The van der Waals surface area contributed by atoms with E-state index in [-0.39, 0.29) is 23.7 Å². The summed E-state index contributed by atoms with van der Waals surface area (Å²) >= 11 is 0. The molecule has 4 rings (SSSR count). The maximum Gasteiger partial charge on any atom is 0.253 e. The highest BCUT2D eigenvalue weighted by molar-refractivity contribution is 5.94. The number of hydrogen-bond donors (Lipinski definition) is 0. The van der Waals surface area contributed by atoms with Crippen LogP contribution in [0.2, 0.25) is 0 Å². The fourth-order valence-corrected chi connectivity index (χ4v) is 3.96. The van der Waals surface area contributed by atoms with Crippen LogP contribution in [0.5, 0.6) is 5.75 Å². The second-order valence-corrected chi connectivity index (χ2v) is 7.95. The summed E-state index contributed by atoms with van der Waals surface area (Å²) in [6.45, 7) is 7.79. The highest BCUT2D eigenvalue weighted by Gasteiger charge is 2.19. The molecular formula is C26H28N2O4. The van der Waals surface area contributed by atoms with Gasteiger partial charge in [0.15, 0.2) is 0 Å². The van der Waals surface area contributed by atoms with Gasteiger partial charge >= 0.3 is 0 Å². The number of carbonyl (C=O) groups excluding carboxylic acids is 1. The van der Waals surface area contributed by atoms with Gasteiger partial charge in [0, 0.05) is 37.8 Å². The first-order valence-corrected chi connectivity index (χ1v) is 11.0. The molecule has 32 heavy (non-hydrogen) atoms. The van der Waals surface area contributed by atoms with E-state index < -0.39 is 0 Å². The summed E-state index contributed by atoms with van der Waals surface area (Å²) in [4.78, 5) is 28.9. The van der Waals surface area contributed by atoms with Crippen LogP contribution in [0.25, 0.3) is 0 Å². The van der Waals surface area contributed by atoms with E-state index in [4.69, 9.17) is 9.15 Å². The molecule has 0 unspecified atom stereocenters. The molecule has 0 bridgehead atoms. The normalized spacial score (nSPS) is 13.1. The Labute approximate surface area is 188 Å². The molecule has 0 saturated carbocycles. The Morgan fingerprint density at radius 3 is 2.28 bits per heavy atom. The van der Waals surface area contributed by atoms with E-state index in [0.29, 0.717) is 31.0 Å². The van der Waals surface area contributed by atoms with E-state index in [9.17, 15) is 9.59 Å². The van der Waals surface area contributed by atoms with E-state index in [1.165, 1.54) is 23.5 Å². The fraction of sp³-hybridized carbons (Fsp3) is 0.308. The van der Waals surface area contributed by atoms with Crippen LogP contribution in [-0.4, -0.2) is 28.8 Å². The smallest absolute Gasteiger partial charge is 0.253 e. The molecule has 0 aliphatic carbocycles. The third-order valence-electron chi connectivity index (χ3n) is 5.78. The molecule has 0 spiro atoms. The SMILES string of the molecule is CCN(CC)C(=O)c1ccc(COc2coc(CN3Cc4ccccc4C3)cc2=O)cc1. The van der Waals surface area contributed by atoms with Crippen molar-refractivity contribution in [3.8, 4) is 5.75 Å². The number of rotatable bonds is 8. The average Bonchev–Trinajstić information content (AvgIpc) is 3.22. The van der Waals surface area contributed by atoms with Gasteiger partial charge < -0.3 is 14.1 Å². The van der Waals surface area contributed by atoms with Crippen molar-refractivity contribution < 1.29 is 13.9 Å². The van der Waals surface area contributed by atoms with Crippen LogP contribution >= 0.6 is 0 Å². The molecule has 0 radical (unpaired) electrons. The third-order valence-corrected chi connectivity index (χ3v) is 5.78. The van der Waals surface area contributed by atoms with Crippen molar-refractivity contribution in [3.05, 3.63) is 99.1 Å². The molecule has 0 N–H and O–H groups in total. The first-order chi connectivity index (χ1) is 15.6. The van der Waals surface area contributed by atoms with Gasteiger partial charge in [-0.2, -0.15) is 0 Å². The Bertz CT molecular complexity index is 1110. The van der Waals surface area contributed by atoms with Crippen LogP contribution in [0.3, 0.4) is 0 Å². The molecule has 1 aromatic heterocycles. The van der Waals surface area contributed by atoms with Gasteiger partial charge in [0.1, 0.15) is 18.6 Å². The highest BCUT2D eigenvalue weighted by Crippen LogP contribution is 2.24. The summed E-state index contributed by atoms with van der Waals surface area (Å²) in [6, 6.07) is 17.1. The van der Waals surface area contributed by atoms with Gasteiger partial charge in [0.2, 0.25) is 11.2 Å². The summed E-state index contributed by atoms with van der Waals surface area (Å²) in [7, 11) is 0. The number of hydrogen-bond acceptors (Lipinski definition) is 5. The standard InChI is InChI=1S/C26H28N2O4/c1-3-28(4-2)26(30)20-11-9-19(10-12-20)17-32-25-18-31-23(13-24(25)29)16-27-14-21-7-5-6-8-22(21)15-27/h5-13,18H,3-4,14-17H2,1-2H3. The number of amides is 1. The minimum atomic E-state index is -0.198. The summed E-state index contributed by atoms with van der Waals surface area (Å²) in [5.74, 6) is 0.816. The lowest BCUT2D eigenvalue weighted by atomic mass is 10.1. The molecule has 6 heteroatoms. The second-order valence-electron chi connectivity index (χ2n) is 7.95. The first-order valence-electron chi connectivity index (χ1n) is 11.0. The van der Waals surface area contributed by atoms with Crippen LogP contribution in [0, 0.1) is 0 Å². The molecule has 2 aromatic carbocycles. The van der Waals surface area contributed by atoms with Crippen LogP contribution < -0.4 is 10.2 Å². The van der Waals surface area contributed by atoms with Crippen molar-refractivity contribution in [2.75, 3.05) is 13.1 Å². The number of benzene rings is 2. The average molecular weight is 433 g/mol. The first kappa shape index (κ1) is 21.8. The van der Waals surface area contributed by atoms with E-state index in [1.54, 1.807) is 17.0 Å². The number of carbonyl (C=O) groups is 1. The molecule has 166 valence electrons. The Balaban J connectivity index is 1.33. The zero-order chi connectivity index (χ0) is 22.5. The van der Waals surface area contributed by atoms with Crippen molar-refractivity contribution >= 4 is 5.91 Å². The topological polar surface area (TPSA) is 63.0 Å². The molecule has 3 aromatic rings. The fourth-order valence-electron chi connectivity index (χ4n) is 3.96. The predicted molar refractivity (Wildman–Crippen MR) is 122 cm³/mol. The van der Waals surface area contributed by atoms with E-state index in [1.807, 2.05) is 38.1 Å². The van der Waals surface area contributed by atoms with Crippen molar-refractivity contribution in [2.45, 2.75) is 40.1 Å². The van der Waals surface area contributed by atoms with Gasteiger partial charge in [0.25, 0.3) is 5.91 Å². The molecule has 0 fully saturated rings. The minimum absolute atomic E-state index is 0.0137. The second kappa shape index (κ2) is 9.83. The van der Waals surface area contributed by atoms with Crippen molar-refractivity contribution in [2.24, 2.45) is 0 Å². The molecule has 6 nitrogen and oxygen atoms in total. The van der Waals surface area contributed by atoms with Crippen molar-refractivity contribution in [3.63, 3.8) is 0 Å². The van der Waals surface area contributed by atoms with Crippen LogP contribution in [0.15, 0.2) is 70.1 Å². The Hall–Kier alpha value is -3.38. The van der Waals surface area contributed by atoms with Gasteiger partial charge in [0.05, 0.1) is 6.54 Å². The summed E-state index contributed by atoms with van der Waals surface area (Å²) in [6.07, 6.45) is 1.39. The molecule has 1 amide bonds. The van der Waals surface area contributed by atoms with Gasteiger partial charge in [-0.05, 0) is 42.7 Å². The minimum Gasteiger partial charge on any atom is -0.482 e. The molecule has 1 aliphatic rings. The summed E-state index contributed by atoms with van der Waals surface area (Å²) in [5, 5.41) is 0. The highest BCUT2D eigenvalue weighted by atomic mass is 16.5. The predicted octanol–water partition coefficient (Wildman–Crippen LogP) is 4.22. The Morgan fingerprint density at radius 1 is 1.03 bits per heavy atom. The molecule has 0 atom stereocenters. The monoisotopic (exact) mass is 432 g/mol. The lowest BCUT2D eigenvalue weighted by Gasteiger charge is -2.18. The molecule has 0 saturated heterocycles. The molecule has 2 heterocycles. The van der Waals surface area contributed by atoms with Crippen molar-refractivity contribution in [1.82, 2.24) is 9.80 Å². The zero-order valence-corrected chi connectivity index (χ0v) is 18.5. The van der Waals surface area contributed by atoms with Gasteiger partial charge in [-0.3, -0.25) is 14.5 Å². The maximum absolute atomic E-state index is 12.5. The van der Waals surface area contributed by atoms with E-state index >= 15 is 0 Å². The number of fused-ring (bicyclic) bond motifs is 1. The molecular weight excluding hydrogens is 404 g/mol. The Kier molecular flexibility index (Phi) is 6.71.